The molecule has 1 aromatic heterocycles. The molecule has 0 saturated heterocycles. The molecule has 5 heteroatoms. The fraction of sp³-hybridized carbons (Fsp3) is 0.250. The molecule has 21 heavy (non-hydrogen) atoms. The fourth-order valence-corrected chi connectivity index (χ4v) is 2.82. The first kappa shape index (κ1) is 15.5. The molecule has 0 aliphatic rings. The maximum absolute atomic E-state index is 12.0. The Bertz CT molecular complexity index is 647. The van der Waals surface area contributed by atoms with Crippen LogP contribution in [0.25, 0.3) is 0 Å². The Kier molecular flexibility index (Phi) is 4.96. The van der Waals surface area contributed by atoms with Gasteiger partial charge in [0.15, 0.2) is 0 Å². The van der Waals surface area contributed by atoms with E-state index in [4.69, 9.17) is 0 Å². The van der Waals surface area contributed by atoms with Crippen LogP contribution < -0.4 is 10.6 Å². The van der Waals surface area contributed by atoms with Crippen molar-refractivity contribution in [3.63, 3.8) is 0 Å². The van der Waals surface area contributed by atoms with E-state index in [-0.39, 0.29) is 6.03 Å². The number of hydrogen-bond acceptors (Lipinski definition) is 2. The van der Waals surface area contributed by atoms with Crippen LogP contribution in [0.5, 0.6) is 0 Å². The van der Waals surface area contributed by atoms with Crippen LogP contribution >= 0.6 is 15.9 Å². The molecule has 0 aliphatic heterocycles. The van der Waals surface area contributed by atoms with Crippen LogP contribution in [0.3, 0.4) is 0 Å². The quantitative estimate of drug-likeness (QED) is 0.878. The molecule has 0 fully saturated rings. The van der Waals surface area contributed by atoms with E-state index in [1.807, 2.05) is 51.1 Å². The number of amides is 2. The van der Waals surface area contributed by atoms with Gasteiger partial charge in [-0.25, -0.2) is 4.79 Å². The second kappa shape index (κ2) is 6.72. The second-order valence-electron chi connectivity index (χ2n) is 4.99. The molecule has 0 atom stereocenters. The molecule has 0 saturated carbocycles. The van der Waals surface area contributed by atoms with Crippen LogP contribution in [0.2, 0.25) is 0 Å². The van der Waals surface area contributed by atoms with Crippen LogP contribution in [0.4, 0.5) is 10.5 Å². The number of nitrogens with zero attached hydrogens (tertiary/aromatic N) is 1. The Morgan fingerprint density at radius 2 is 1.86 bits per heavy atom. The summed E-state index contributed by atoms with van der Waals surface area (Å²) in [7, 11) is 0. The monoisotopic (exact) mass is 347 g/mol. The van der Waals surface area contributed by atoms with Crippen LogP contribution in [0.15, 0.2) is 34.8 Å². The summed E-state index contributed by atoms with van der Waals surface area (Å²) in [5.41, 5.74) is 4.66. The van der Waals surface area contributed by atoms with Gasteiger partial charge in [0, 0.05) is 15.9 Å². The van der Waals surface area contributed by atoms with Crippen molar-refractivity contribution < 1.29 is 4.79 Å². The maximum Gasteiger partial charge on any atom is 0.319 e. The molecule has 2 amide bonds. The van der Waals surface area contributed by atoms with Gasteiger partial charge >= 0.3 is 6.03 Å². The highest BCUT2D eigenvalue weighted by Gasteiger charge is 2.08. The highest BCUT2D eigenvalue weighted by Crippen LogP contribution is 2.24. The number of carbonyl (C=O) groups is 1. The molecule has 2 N–H and O–H groups in total. The van der Waals surface area contributed by atoms with Gasteiger partial charge in [-0.3, -0.25) is 4.98 Å². The number of anilines is 1. The average Bonchev–Trinajstić information content (AvgIpc) is 2.40. The van der Waals surface area contributed by atoms with E-state index >= 15 is 0 Å². The van der Waals surface area contributed by atoms with Crippen molar-refractivity contribution in [3.05, 3.63) is 57.3 Å². The van der Waals surface area contributed by atoms with E-state index in [0.29, 0.717) is 6.54 Å². The predicted octanol–water partition coefficient (Wildman–Crippen LogP) is 4.09. The van der Waals surface area contributed by atoms with Gasteiger partial charge in [-0.15, -0.1) is 0 Å². The Hall–Kier alpha value is -1.88. The van der Waals surface area contributed by atoms with Gasteiger partial charge in [-0.05, 0) is 56.2 Å². The molecular formula is C16H18BrN3O. The predicted molar refractivity (Wildman–Crippen MR) is 88.4 cm³/mol. The van der Waals surface area contributed by atoms with Crippen molar-refractivity contribution in [2.24, 2.45) is 0 Å². The smallest absolute Gasteiger partial charge is 0.319 e. The molecule has 110 valence electrons. The molecule has 0 aliphatic carbocycles. The average molecular weight is 348 g/mol. The third kappa shape index (κ3) is 4.29. The number of pyridine rings is 1. The van der Waals surface area contributed by atoms with Crippen LogP contribution in [-0.2, 0) is 6.54 Å². The zero-order valence-electron chi connectivity index (χ0n) is 12.3. The van der Waals surface area contributed by atoms with Gasteiger partial charge in [0.1, 0.15) is 0 Å². The number of carbonyl (C=O) groups excluding carboxylic acids is 1. The number of nitrogens with one attached hydrogen (secondary N) is 2. The Labute approximate surface area is 133 Å². The molecule has 1 heterocycles. The first-order valence-corrected chi connectivity index (χ1v) is 7.49. The summed E-state index contributed by atoms with van der Waals surface area (Å²) in [6, 6.07) is 9.48. The summed E-state index contributed by atoms with van der Waals surface area (Å²) in [5, 5.41) is 5.71. The number of benzene rings is 1. The highest BCUT2D eigenvalue weighted by molar-refractivity contribution is 9.10. The number of rotatable bonds is 3. The largest absolute Gasteiger partial charge is 0.332 e. The molecule has 1 aromatic carbocycles. The summed E-state index contributed by atoms with van der Waals surface area (Å²) >= 11 is 3.44. The molecule has 2 aromatic rings. The summed E-state index contributed by atoms with van der Waals surface area (Å²) in [5.74, 6) is 0. The normalized spacial score (nSPS) is 10.3. The van der Waals surface area contributed by atoms with Gasteiger partial charge in [0.2, 0.25) is 0 Å². The maximum atomic E-state index is 12.0. The second-order valence-corrected chi connectivity index (χ2v) is 5.91. The van der Waals surface area contributed by atoms with E-state index in [1.54, 1.807) is 0 Å². The summed E-state index contributed by atoms with van der Waals surface area (Å²) < 4.78 is 1.01. The Balaban J connectivity index is 1.99. The summed E-state index contributed by atoms with van der Waals surface area (Å²) in [4.78, 5) is 16.3. The lowest BCUT2D eigenvalue weighted by Crippen LogP contribution is -2.29. The number of aromatic nitrogens is 1. The van der Waals surface area contributed by atoms with Crippen molar-refractivity contribution in [1.29, 1.82) is 0 Å². The van der Waals surface area contributed by atoms with Crippen LogP contribution in [0, 0.1) is 20.8 Å². The van der Waals surface area contributed by atoms with E-state index < -0.39 is 0 Å². The lowest BCUT2D eigenvalue weighted by atomic mass is 10.1. The van der Waals surface area contributed by atoms with Crippen molar-refractivity contribution in [1.82, 2.24) is 10.3 Å². The molecule has 0 spiro atoms. The minimum atomic E-state index is -0.230. The minimum absolute atomic E-state index is 0.230. The molecule has 4 nitrogen and oxygen atoms in total. The third-order valence-corrected chi connectivity index (χ3v) is 3.57. The number of halogens is 1. The number of hydrogen-bond donors (Lipinski definition) is 2. The molecule has 0 unspecified atom stereocenters. The first-order valence-electron chi connectivity index (χ1n) is 6.70. The molecule has 0 bridgehead atoms. The fourth-order valence-electron chi connectivity index (χ4n) is 2.13. The van der Waals surface area contributed by atoms with Crippen LogP contribution in [0.1, 0.15) is 22.5 Å². The van der Waals surface area contributed by atoms with E-state index in [2.05, 4.69) is 31.5 Å². The van der Waals surface area contributed by atoms with Crippen molar-refractivity contribution in [2.45, 2.75) is 27.3 Å². The van der Waals surface area contributed by atoms with Gasteiger partial charge in [0.05, 0.1) is 12.2 Å². The molecular weight excluding hydrogens is 330 g/mol. The standard InChI is InChI=1S/C16H18BrN3O/c1-10-7-13(17)8-11(2)15(10)20-16(21)18-9-14-6-4-5-12(3)19-14/h4-8H,9H2,1-3H3,(H2,18,20,21). The van der Waals surface area contributed by atoms with Crippen molar-refractivity contribution in [3.8, 4) is 0 Å². The molecule has 0 radical (unpaired) electrons. The van der Waals surface area contributed by atoms with Gasteiger partial charge in [0.25, 0.3) is 0 Å². The zero-order valence-corrected chi connectivity index (χ0v) is 13.9. The Morgan fingerprint density at radius 1 is 1.19 bits per heavy atom. The van der Waals surface area contributed by atoms with E-state index in [9.17, 15) is 4.79 Å². The lowest BCUT2D eigenvalue weighted by molar-refractivity contribution is 0.251. The first-order chi connectivity index (χ1) is 9.95. The van der Waals surface area contributed by atoms with Crippen molar-refractivity contribution in [2.75, 3.05) is 5.32 Å². The summed E-state index contributed by atoms with van der Waals surface area (Å²) in [6.45, 7) is 6.27. The minimum Gasteiger partial charge on any atom is -0.332 e. The topological polar surface area (TPSA) is 54.0 Å². The van der Waals surface area contributed by atoms with Crippen molar-refractivity contribution >= 4 is 27.6 Å². The lowest BCUT2D eigenvalue weighted by Gasteiger charge is -2.13. The van der Waals surface area contributed by atoms with Gasteiger partial charge in [-0.2, -0.15) is 0 Å². The summed E-state index contributed by atoms with van der Waals surface area (Å²) in [6.07, 6.45) is 0. The number of urea groups is 1. The number of aryl methyl sites for hydroxylation is 3. The van der Waals surface area contributed by atoms with Gasteiger partial charge < -0.3 is 10.6 Å². The SMILES string of the molecule is Cc1cccc(CNC(=O)Nc2c(C)cc(Br)cc2C)n1. The molecule has 2 rings (SSSR count). The zero-order chi connectivity index (χ0) is 15.4. The third-order valence-electron chi connectivity index (χ3n) is 3.11. The Morgan fingerprint density at radius 3 is 2.48 bits per heavy atom. The van der Waals surface area contributed by atoms with Crippen LogP contribution in [-0.4, -0.2) is 11.0 Å². The van der Waals surface area contributed by atoms with E-state index in [0.717, 1.165) is 32.7 Å². The highest BCUT2D eigenvalue weighted by atomic mass is 79.9. The van der Waals surface area contributed by atoms with E-state index in [1.165, 1.54) is 0 Å². The van der Waals surface area contributed by atoms with Gasteiger partial charge in [-0.1, -0.05) is 22.0 Å².